The third-order valence-corrected chi connectivity index (χ3v) is 2.78. The molecule has 2 heteroatoms. The van der Waals surface area contributed by atoms with Crippen LogP contribution in [0.3, 0.4) is 0 Å². The molecule has 1 unspecified atom stereocenters. The molecule has 0 aromatic heterocycles. The van der Waals surface area contributed by atoms with E-state index in [4.69, 9.17) is 6.42 Å². The van der Waals surface area contributed by atoms with Crippen molar-refractivity contribution in [2.24, 2.45) is 0 Å². The van der Waals surface area contributed by atoms with Crippen molar-refractivity contribution in [3.63, 3.8) is 0 Å². The summed E-state index contributed by atoms with van der Waals surface area (Å²) in [5.74, 6) is 3.91. The topological polar surface area (TPSA) is 3.24 Å². The molecule has 0 aromatic carbocycles. The molecular weight excluding hydrogens is 142 g/mol. The fourth-order valence-electron chi connectivity index (χ4n) is 1.16. The van der Waals surface area contributed by atoms with Crippen LogP contribution in [0.5, 0.6) is 0 Å². The summed E-state index contributed by atoms with van der Waals surface area (Å²) in [5, 5.41) is 0.766. The molecule has 0 aliphatic carbocycles. The van der Waals surface area contributed by atoms with Gasteiger partial charge in [-0.2, -0.15) is 11.8 Å². The average Bonchev–Trinajstić information content (AvgIpc) is 1.88. The van der Waals surface area contributed by atoms with Crippen molar-refractivity contribution in [2.45, 2.75) is 12.2 Å². The molecule has 1 atom stereocenters. The number of rotatable bonds is 1. The van der Waals surface area contributed by atoms with E-state index in [1.165, 1.54) is 12.3 Å². The Balaban J connectivity index is 2.27. The lowest BCUT2D eigenvalue weighted by Crippen LogP contribution is -2.36. The van der Waals surface area contributed by atoms with Crippen molar-refractivity contribution in [1.29, 1.82) is 0 Å². The Bertz CT molecular complexity index is 139. The van der Waals surface area contributed by atoms with Crippen molar-refractivity contribution in [2.75, 3.05) is 25.4 Å². The van der Waals surface area contributed by atoms with Crippen LogP contribution < -0.4 is 0 Å². The Morgan fingerprint density at radius 3 is 3.20 bits per heavy atom. The third kappa shape index (κ3) is 2.24. The molecular formula is C8H13NS. The van der Waals surface area contributed by atoms with Crippen LogP contribution in [0.1, 0.15) is 6.92 Å². The van der Waals surface area contributed by atoms with Gasteiger partial charge in [0.05, 0.1) is 6.54 Å². The van der Waals surface area contributed by atoms with Gasteiger partial charge in [0.1, 0.15) is 0 Å². The van der Waals surface area contributed by atoms with Gasteiger partial charge in [0.2, 0.25) is 0 Å². The van der Waals surface area contributed by atoms with Gasteiger partial charge in [0.15, 0.2) is 0 Å². The molecule has 1 nitrogen and oxygen atoms in total. The minimum Gasteiger partial charge on any atom is -0.290 e. The average molecular weight is 155 g/mol. The van der Waals surface area contributed by atoms with Gasteiger partial charge in [-0.3, -0.25) is 4.90 Å². The van der Waals surface area contributed by atoms with Crippen molar-refractivity contribution in [1.82, 2.24) is 4.90 Å². The van der Waals surface area contributed by atoms with Gasteiger partial charge in [-0.15, -0.1) is 6.42 Å². The van der Waals surface area contributed by atoms with Gasteiger partial charge in [-0.25, -0.2) is 0 Å². The second-order valence-electron chi connectivity index (χ2n) is 2.62. The predicted octanol–water partition coefficient (Wildman–Crippen LogP) is 1.06. The molecule has 0 saturated carbocycles. The van der Waals surface area contributed by atoms with Crippen LogP contribution in [0.25, 0.3) is 0 Å². The molecule has 0 N–H and O–H groups in total. The number of terminal acetylenes is 1. The summed E-state index contributed by atoms with van der Waals surface area (Å²) in [7, 11) is 0. The first kappa shape index (κ1) is 7.97. The maximum absolute atomic E-state index is 5.21. The lowest BCUT2D eigenvalue weighted by molar-refractivity contribution is 0.322. The number of hydrogen-bond donors (Lipinski definition) is 0. The van der Waals surface area contributed by atoms with Gasteiger partial charge >= 0.3 is 0 Å². The largest absolute Gasteiger partial charge is 0.290 e. The maximum atomic E-state index is 5.21. The fourth-order valence-corrected chi connectivity index (χ4v) is 2.25. The standard InChI is InChI=1S/C8H13NS/c1-3-4-9-5-6-10-8(2)7-9/h1,8H,4-7H2,2H3. The zero-order valence-corrected chi connectivity index (χ0v) is 7.16. The predicted molar refractivity (Wildman–Crippen MR) is 47.2 cm³/mol. The summed E-state index contributed by atoms with van der Waals surface area (Å²) in [4.78, 5) is 2.33. The third-order valence-electron chi connectivity index (χ3n) is 1.64. The van der Waals surface area contributed by atoms with Crippen LogP contribution in [-0.4, -0.2) is 35.5 Å². The molecule has 1 rings (SSSR count). The molecule has 0 spiro atoms. The van der Waals surface area contributed by atoms with Crippen LogP contribution in [0.2, 0.25) is 0 Å². The zero-order chi connectivity index (χ0) is 7.40. The molecule has 0 aromatic rings. The molecule has 1 aliphatic rings. The summed E-state index contributed by atoms with van der Waals surface area (Å²) >= 11 is 2.04. The molecule has 0 bridgehead atoms. The van der Waals surface area contributed by atoms with E-state index in [0.717, 1.165) is 18.3 Å². The van der Waals surface area contributed by atoms with Crippen molar-refractivity contribution in [3.05, 3.63) is 0 Å². The molecule has 1 aliphatic heterocycles. The van der Waals surface area contributed by atoms with E-state index in [9.17, 15) is 0 Å². The quantitative estimate of drug-likeness (QED) is 0.521. The molecule has 1 saturated heterocycles. The monoisotopic (exact) mass is 155 g/mol. The summed E-state index contributed by atoms with van der Waals surface area (Å²) in [6.07, 6.45) is 5.21. The summed E-state index contributed by atoms with van der Waals surface area (Å²) < 4.78 is 0. The van der Waals surface area contributed by atoms with E-state index in [-0.39, 0.29) is 0 Å². The summed E-state index contributed by atoms with van der Waals surface area (Å²) in [5.41, 5.74) is 0. The SMILES string of the molecule is C#CCN1CCSC(C)C1. The fraction of sp³-hybridized carbons (Fsp3) is 0.750. The lowest BCUT2D eigenvalue weighted by Gasteiger charge is -2.28. The first-order chi connectivity index (χ1) is 4.83. The minimum atomic E-state index is 0.766. The van der Waals surface area contributed by atoms with Gasteiger partial charge in [-0.05, 0) is 0 Å². The van der Waals surface area contributed by atoms with Crippen molar-refractivity contribution >= 4 is 11.8 Å². The van der Waals surface area contributed by atoms with E-state index in [0.29, 0.717) is 0 Å². The van der Waals surface area contributed by atoms with Gasteiger partial charge < -0.3 is 0 Å². The van der Waals surface area contributed by atoms with E-state index in [2.05, 4.69) is 17.7 Å². The van der Waals surface area contributed by atoms with Crippen LogP contribution in [0.15, 0.2) is 0 Å². The molecule has 0 amide bonds. The lowest BCUT2D eigenvalue weighted by atomic mass is 10.4. The van der Waals surface area contributed by atoms with Gasteiger partial charge in [0.25, 0.3) is 0 Å². The summed E-state index contributed by atoms with van der Waals surface area (Å²) in [6.45, 7) is 5.41. The first-order valence-corrected chi connectivity index (χ1v) is 4.65. The highest BCUT2D eigenvalue weighted by atomic mass is 32.2. The van der Waals surface area contributed by atoms with E-state index < -0.39 is 0 Å². The van der Waals surface area contributed by atoms with E-state index in [1.54, 1.807) is 0 Å². The molecule has 1 heterocycles. The highest BCUT2D eigenvalue weighted by Gasteiger charge is 2.14. The zero-order valence-electron chi connectivity index (χ0n) is 6.34. The molecule has 56 valence electrons. The Morgan fingerprint density at radius 1 is 1.80 bits per heavy atom. The first-order valence-electron chi connectivity index (χ1n) is 3.60. The number of thioether (sulfide) groups is 1. The Labute approximate surface area is 67.2 Å². The maximum Gasteiger partial charge on any atom is 0.0599 e. The highest BCUT2D eigenvalue weighted by molar-refractivity contribution is 7.99. The second-order valence-corrected chi connectivity index (χ2v) is 4.17. The van der Waals surface area contributed by atoms with E-state index in [1.807, 2.05) is 11.8 Å². The van der Waals surface area contributed by atoms with Gasteiger partial charge in [0, 0.05) is 24.1 Å². The van der Waals surface area contributed by atoms with Crippen LogP contribution in [0.4, 0.5) is 0 Å². The number of nitrogens with zero attached hydrogens (tertiary/aromatic N) is 1. The Morgan fingerprint density at radius 2 is 2.60 bits per heavy atom. The normalized spacial score (nSPS) is 27.8. The second kappa shape index (κ2) is 3.90. The highest BCUT2D eigenvalue weighted by Crippen LogP contribution is 2.16. The Kier molecular flexibility index (Phi) is 3.11. The van der Waals surface area contributed by atoms with E-state index >= 15 is 0 Å². The minimum absolute atomic E-state index is 0.766. The molecule has 1 fully saturated rings. The van der Waals surface area contributed by atoms with Crippen LogP contribution in [-0.2, 0) is 0 Å². The summed E-state index contributed by atoms with van der Waals surface area (Å²) in [6, 6.07) is 0. The Hall–Kier alpha value is -0.130. The van der Waals surface area contributed by atoms with Crippen molar-refractivity contribution in [3.8, 4) is 12.3 Å². The molecule has 0 radical (unpaired) electrons. The van der Waals surface area contributed by atoms with Crippen LogP contribution in [0, 0.1) is 12.3 Å². The van der Waals surface area contributed by atoms with Gasteiger partial charge in [-0.1, -0.05) is 12.8 Å². The van der Waals surface area contributed by atoms with Crippen LogP contribution >= 0.6 is 11.8 Å². The molecule has 10 heavy (non-hydrogen) atoms. The number of hydrogen-bond acceptors (Lipinski definition) is 2. The van der Waals surface area contributed by atoms with Crippen molar-refractivity contribution < 1.29 is 0 Å². The smallest absolute Gasteiger partial charge is 0.0599 e.